The third-order valence-corrected chi connectivity index (χ3v) is 4.52. The van der Waals surface area contributed by atoms with Crippen molar-refractivity contribution in [2.45, 2.75) is 32.7 Å². The Morgan fingerprint density at radius 2 is 2.00 bits per heavy atom. The van der Waals surface area contributed by atoms with Gasteiger partial charge in [0.25, 0.3) is 5.89 Å². The summed E-state index contributed by atoms with van der Waals surface area (Å²) < 4.78 is 5.28. The number of aryl methyl sites for hydroxylation is 1. The van der Waals surface area contributed by atoms with Crippen LogP contribution in [0.1, 0.15) is 30.7 Å². The predicted molar refractivity (Wildman–Crippen MR) is 99.9 cm³/mol. The quantitative estimate of drug-likeness (QED) is 0.755. The van der Waals surface area contributed by atoms with Gasteiger partial charge in [-0.1, -0.05) is 5.16 Å². The van der Waals surface area contributed by atoms with Crippen LogP contribution >= 0.6 is 0 Å². The van der Waals surface area contributed by atoms with E-state index in [1.54, 1.807) is 13.1 Å². The molecule has 3 aromatic heterocycles. The fourth-order valence-corrected chi connectivity index (χ4v) is 3.18. The maximum Gasteiger partial charge on any atom is 0.261 e. The molecule has 1 aliphatic rings. The molecule has 0 amide bonds. The number of nitrogens with zero attached hydrogens (tertiary/aromatic N) is 5. The highest BCUT2D eigenvalue weighted by molar-refractivity contribution is 5.68. The lowest BCUT2D eigenvalue weighted by Crippen LogP contribution is -2.30. The summed E-state index contributed by atoms with van der Waals surface area (Å²) in [5, 5.41) is 7.24. The van der Waals surface area contributed by atoms with Gasteiger partial charge in [0.15, 0.2) is 5.82 Å². The summed E-state index contributed by atoms with van der Waals surface area (Å²) >= 11 is 0. The van der Waals surface area contributed by atoms with Gasteiger partial charge in [-0.3, -0.25) is 0 Å². The Hall–Kier alpha value is -2.96. The third-order valence-electron chi connectivity index (χ3n) is 4.52. The first-order valence-corrected chi connectivity index (χ1v) is 8.99. The van der Waals surface area contributed by atoms with Gasteiger partial charge in [0.05, 0.1) is 5.56 Å². The summed E-state index contributed by atoms with van der Waals surface area (Å²) in [6.07, 6.45) is 7.42. The van der Waals surface area contributed by atoms with Crippen molar-refractivity contribution in [1.29, 1.82) is 0 Å². The molecule has 3 aromatic rings. The SMILES string of the molecule is Cc1noc(-c2cccnc2NCc2ccnc(N3CCCCC3)c2)n1. The molecule has 4 rings (SSSR count). The summed E-state index contributed by atoms with van der Waals surface area (Å²) in [5.41, 5.74) is 1.97. The molecule has 1 fully saturated rings. The molecule has 1 N–H and O–H groups in total. The standard InChI is InChI=1S/C19H22N6O/c1-14-23-19(26-24-14)16-6-5-8-21-18(16)22-13-15-7-9-20-17(12-15)25-10-3-2-4-11-25/h5-9,12H,2-4,10-11,13H2,1H3,(H,21,22). The third kappa shape index (κ3) is 3.66. The van der Waals surface area contributed by atoms with E-state index in [9.17, 15) is 0 Å². The average molecular weight is 350 g/mol. The first-order valence-electron chi connectivity index (χ1n) is 8.99. The predicted octanol–water partition coefficient (Wildman–Crippen LogP) is 3.44. The van der Waals surface area contributed by atoms with Crippen molar-refractivity contribution >= 4 is 11.6 Å². The summed E-state index contributed by atoms with van der Waals surface area (Å²) in [6, 6.07) is 7.96. The summed E-state index contributed by atoms with van der Waals surface area (Å²) in [6.45, 7) is 4.63. The van der Waals surface area contributed by atoms with E-state index in [0.29, 0.717) is 18.3 Å². The molecule has 0 aliphatic carbocycles. The van der Waals surface area contributed by atoms with E-state index in [-0.39, 0.29) is 0 Å². The Morgan fingerprint density at radius 3 is 2.81 bits per heavy atom. The van der Waals surface area contributed by atoms with Crippen LogP contribution in [0.2, 0.25) is 0 Å². The van der Waals surface area contributed by atoms with Gasteiger partial charge in [0, 0.05) is 32.0 Å². The van der Waals surface area contributed by atoms with E-state index >= 15 is 0 Å². The van der Waals surface area contributed by atoms with Crippen LogP contribution in [-0.4, -0.2) is 33.2 Å². The Kier molecular flexibility index (Phi) is 4.77. The minimum atomic E-state index is 0.474. The number of rotatable bonds is 5. The molecule has 7 nitrogen and oxygen atoms in total. The Bertz CT molecular complexity index is 872. The van der Waals surface area contributed by atoms with Crippen molar-refractivity contribution < 1.29 is 4.52 Å². The maximum atomic E-state index is 5.28. The molecule has 1 aliphatic heterocycles. The van der Waals surface area contributed by atoms with Crippen LogP contribution in [0.4, 0.5) is 11.6 Å². The highest BCUT2D eigenvalue weighted by Crippen LogP contribution is 2.25. The van der Waals surface area contributed by atoms with Crippen LogP contribution < -0.4 is 10.2 Å². The Morgan fingerprint density at radius 1 is 1.12 bits per heavy atom. The largest absolute Gasteiger partial charge is 0.365 e. The van der Waals surface area contributed by atoms with Crippen molar-refractivity contribution in [3.8, 4) is 11.5 Å². The molecule has 0 radical (unpaired) electrons. The fourth-order valence-electron chi connectivity index (χ4n) is 3.18. The van der Waals surface area contributed by atoms with Gasteiger partial charge in [-0.2, -0.15) is 4.98 Å². The average Bonchev–Trinajstić information content (AvgIpc) is 3.14. The monoisotopic (exact) mass is 350 g/mol. The zero-order valence-electron chi connectivity index (χ0n) is 14.9. The number of aromatic nitrogens is 4. The van der Waals surface area contributed by atoms with Crippen LogP contribution in [-0.2, 0) is 6.54 Å². The number of hydrogen-bond donors (Lipinski definition) is 1. The number of anilines is 2. The molecule has 0 spiro atoms. The van der Waals surface area contributed by atoms with Gasteiger partial charge in [-0.15, -0.1) is 0 Å². The van der Waals surface area contributed by atoms with Gasteiger partial charge >= 0.3 is 0 Å². The topological polar surface area (TPSA) is 80.0 Å². The van der Waals surface area contributed by atoms with Crippen LogP contribution in [0.5, 0.6) is 0 Å². The van der Waals surface area contributed by atoms with E-state index in [0.717, 1.165) is 30.3 Å². The minimum Gasteiger partial charge on any atom is -0.365 e. The molecule has 7 heteroatoms. The van der Waals surface area contributed by atoms with Gasteiger partial charge in [0.2, 0.25) is 0 Å². The lowest BCUT2D eigenvalue weighted by atomic mass is 10.1. The minimum absolute atomic E-state index is 0.474. The first-order chi connectivity index (χ1) is 12.8. The lowest BCUT2D eigenvalue weighted by molar-refractivity contribution is 0.425. The first kappa shape index (κ1) is 16.5. The van der Waals surface area contributed by atoms with Crippen LogP contribution in [0, 0.1) is 6.92 Å². The van der Waals surface area contributed by atoms with E-state index in [4.69, 9.17) is 4.52 Å². The zero-order valence-corrected chi connectivity index (χ0v) is 14.9. The maximum absolute atomic E-state index is 5.28. The highest BCUT2D eigenvalue weighted by Gasteiger charge is 2.14. The second kappa shape index (κ2) is 7.51. The number of piperidine rings is 1. The molecular formula is C19H22N6O. The molecule has 26 heavy (non-hydrogen) atoms. The zero-order chi connectivity index (χ0) is 17.8. The van der Waals surface area contributed by atoms with Gasteiger partial charge in [0.1, 0.15) is 11.6 Å². The van der Waals surface area contributed by atoms with E-state index in [1.165, 1.54) is 24.8 Å². The fraction of sp³-hybridized carbons (Fsp3) is 0.368. The van der Waals surface area contributed by atoms with Gasteiger partial charge in [-0.05, 0) is 56.0 Å². The smallest absolute Gasteiger partial charge is 0.261 e. The molecule has 0 saturated carbocycles. The van der Waals surface area contributed by atoms with Crippen molar-refractivity contribution in [3.63, 3.8) is 0 Å². The van der Waals surface area contributed by atoms with Crippen molar-refractivity contribution in [2.24, 2.45) is 0 Å². The van der Waals surface area contributed by atoms with Crippen LogP contribution in [0.25, 0.3) is 11.5 Å². The van der Waals surface area contributed by atoms with Gasteiger partial charge in [-0.25, -0.2) is 9.97 Å². The molecule has 4 heterocycles. The van der Waals surface area contributed by atoms with E-state index in [1.807, 2.05) is 24.4 Å². The molecule has 0 bridgehead atoms. The molecule has 1 saturated heterocycles. The second-order valence-corrected chi connectivity index (χ2v) is 6.47. The second-order valence-electron chi connectivity index (χ2n) is 6.47. The normalized spacial score (nSPS) is 14.4. The molecule has 134 valence electrons. The Labute approximate surface area is 152 Å². The lowest BCUT2D eigenvalue weighted by Gasteiger charge is -2.28. The van der Waals surface area contributed by atoms with Crippen molar-refractivity contribution in [1.82, 2.24) is 20.1 Å². The van der Waals surface area contributed by atoms with E-state index < -0.39 is 0 Å². The summed E-state index contributed by atoms with van der Waals surface area (Å²) in [7, 11) is 0. The number of nitrogens with one attached hydrogen (secondary N) is 1. The molecule has 0 unspecified atom stereocenters. The van der Waals surface area contributed by atoms with Crippen molar-refractivity contribution in [2.75, 3.05) is 23.3 Å². The van der Waals surface area contributed by atoms with Gasteiger partial charge < -0.3 is 14.7 Å². The van der Waals surface area contributed by atoms with E-state index in [2.05, 4.69) is 36.4 Å². The molecule has 0 atom stereocenters. The molecule has 0 aromatic carbocycles. The van der Waals surface area contributed by atoms with Crippen LogP contribution in [0.3, 0.4) is 0 Å². The summed E-state index contributed by atoms with van der Waals surface area (Å²) in [4.78, 5) is 15.6. The summed E-state index contributed by atoms with van der Waals surface area (Å²) in [5.74, 6) is 2.86. The Balaban J connectivity index is 1.49. The van der Waals surface area contributed by atoms with Crippen LogP contribution in [0.15, 0.2) is 41.2 Å². The molecular weight excluding hydrogens is 328 g/mol. The number of hydrogen-bond acceptors (Lipinski definition) is 7. The number of pyridine rings is 2. The van der Waals surface area contributed by atoms with Crippen molar-refractivity contribution in [3.05, 3.63) is 48.0 Å². The highest BCUT2D eigenvalue weighted by atomic mass is 16.5.